The number of esters is 1. The van der Waals surface area contributed by atoms with E-state index in [1.165, 1.54) is 6.07 Å². The van der Waals surface area contributed by atoms with Crippen LogP contribution in [0.4, 0.5) is 0 Å². The van der Waals surface area contributed by atoms with Crippen LogP contribution >= 0.6 is 34.8 Å². The minimum absolute atomic E-state index is 0.0633. The molecule has 0 unspecified atom stereocenters. The number of ether oxygens (including phenoxy) is 1. The largest absolute Gasteiger partial charge is 0.461 e. The lowest BCUT2D eigenvalue weighted by Gasteiger charge is -2.18. The van der Waals surface area contributed by atoms with Crippen LogP contribution in [0.3, 0.4) is 0 Å². The second-order valence-electron chi connectivity index (χ2n) is 4.79. The molecule has 0 atom stereocenters. The van der Waals surface area contributed by atoms with Gasteiger partial charge in [0, 0.05) is 6.07 Å². The van der Waals surface area contributed by atoms with Crippen LogP contribution in [0, 0.1) is 11.5 Å². The van der Waals surface area contributed by atoms with E-state index in [0.717, 1.165) is 0 Å². The molecule has 0 aromatic heterocycles. The third-order valence-corrected chi connectivity index (χ3v) is 2.76. The molecule has 0 saturated heterocycles. The molecule has 0 amide bonds. The summed E-state index contributed by atoms with van der Waals surface area (Å²) in [5.41, 5.74) is -0.0572. The molecule has 0 aliphatic rings. The van der Waals surface area contributed by atoms with Crippen molar-refractivity contribution >= 4 is 40.8 Å². The Morgan fingerprint density at radius 1 is 1.35 bits per heavy atom. The summed E-state index contributed by atoms with van der Waals surface area (Å²) in [6.07, 6.45) is 0. The van der Waals surface area contributed by atoms with Gasteiger partial charge in [-0.2, -0.15) is 0 Å². The average molecular weight is 295 g/mol. The van der Waals surface area contributed by atoms with Gasteiger partial charge >= 0.3 is 5.97 Å². The van der Waals surface area contributed by atoms with Crippen molar-refractivity contribution in [1.29, 1.82) is 0 Å². The fraction of sp³-hybridized carbons (Fsp3) is 0.417. The monoisotopic (exact) mass is 293 g/mol. The summed E-state index contributed by atoms with van der Waals surface area (Å²) >= 11 is 17.4. The highest BCUT2D eigenvalue weighted by atomic mass is 35.5. The van der Waals surface area contributed by atoms with Crippen LogP contribution in [0.2, 0.25) is 15.1 Å². The van der Waals surface area contributed by atoms with Crippen molar-refractivity contribution in [2.45, 2.75) is 20.8 Å². The topological polar surface area (TPSA) is 26.3 Å². The zero-order valence-corrected chi connectivity index (χ0v) is 12.0. The Kier molecular flexibility index (Phi) is 4.70. The first-order chi connectivity index (χ1) is 7.70. The number of rotatable bonds is 2. The molecule has 0 fully saturated rings. The van der Waals surface area contributed by atoms with Crippen molar-refractivity contribution in [2.75, 3.05) is 6.61 Å². The van der Waals surface area contributed by atoms with E-state index >= 15 is 0 Å². The van der Waals surface area contributed by atoms with Crippen molar-refractivity contribution in [2.24, 2.45) is 5.41 Å². The number of halogens is 3. The van der Waals surface area contributed by atoms with Gasteiger partial charge in [0.1, 0.15) is 0 Å². The molecular weight excluding hydrogens is 282 g/mol. The predicted molar refractivity (Wildman–Crippen MR) is 70.0 cm³/mol. The average Bonchev–Trinajstić information content (AvgIpc) is 2.19. The first-order valence-corrected chi connectivity index (χ1v) is 6.08. The van der Waals surface area contributed by atoms with Gasteiger partial charge < -0.3 is 4.74 Å². The van der Waals surface area contributed by atoms with E-state index in [1.54, 1.807) is 0 Å². The van der Waals surface area contributed by atoms with Crippen LogP contribution in [-0.4, -0.2) is 12.6 Å². The third-order valence-electron chi connectivity index (χ3n) is 1.77. The summed E-state index contributed by atoms with van der Waals surface area (Å²) < 4.78 is 5.11. The summed E-state index contributed by atoms with van der Waals surface area (Å²) in [7, 11) is 0. The van der Waals surface area contributed by atoms with E-state index < -0.39 is 5.97 Å². The van der Waals surface area contributed by atoms with Gasteiger partial charge in [0.25, 0.3) is 0 Å². The Balaban J connectivity index is 2.90. The molecule has 1 aromatic carbocycles. The highest BCUT2D eigenvalue weighted by molar-refractivity contribution is 6.44. The smallest absolute Gasteiger partial charge is 0.340 e. The molecule has 1 rings (SSSR count). The van der Waals surface area contributed by atoms with Gasteiger partial charge in [-0.05, 0) is 11.5 Å². The summed E-state index contributed by atoms with van der Waals surface area (Å²) in [6, 6.07) is 4.05. The first kappa shape index (κ1) is 14.6. The highest BCUT2D eigenvalue weighted by Gasteiger charge is 2.19. The molecule has 0 saturated carbocycles. The molecule has 0 bridgehead atoms. The number of carbonyl (C=O) groups is 1. The van der Waals surface area contributed by atoms with Gasteiger partial charge in [0.2, 0.25) is 0 Å². The van der Waals surface area contributed by atoms with Crippen molar-refractivity contribution < 1.29 is 9.53 Å². The Hall–Kier alpha value is -0.440. The zero-order chi connectivity index (χ0) is 13.2. The van der Waals surface area contributed by atoms with Gasteiger partial charge in [-0.15, -0.1) is 0 Å². The van der Waals surface area contributed by atoms with Crippen LogP contribution in [-0.2, 0) is 4.74 Å². The van der Waals surface area contributed by atoms with E-state index in [0.29, 0.717) is 0 Å². The van der Waals surface area contributed by atoms with Crippen LogP contribution in [0.1, 0.15) is 31.1 Å². The van der Waals surface area contributed by atoms with Crippen LogP contribution < -0.4 is 0 Å². The number of benzene rings is 1. The molecule has 0 aliphatic heterocycles. The standard InChI is InChI=1S/C12H12Cl3O2/c1-12(2,3)6-17-11(16)8-4-7(13)5-9(14)10(8)15/h5H,6H2,1-3H3. The van der Waals surface area contributed by atoms with E-state index in [-0.39, 0.29) is 32.7 Å². The maximum absolute atomic E-state index is 11.8. The molecule has 2 nitrogen and oxygen atoms in total. The fourth-order valence-electron chi connectivity index (χ4n) is 0.999. The zero-order valence-electron chi connectivity index (χ0n) is 9.73. The summed E-state index contributed by atoms with van der Waals surface area (Å²) in [6.45, 7) is 6.14. The lowest BCUT2D eigenvalue weighted by molar-refractivity contribution is 0.0366. The lowest BCUT2D eigenvalue weighted by atomic mass is 9.99. The molecule has 5 heteroatoms. The maximum atomic E-state index is 11.8. The minimum atomic E-state index is -0.575. The number of hydrogen-bond acceptors (Lipinski definition) is 2. The summed E-state index contributed by atoms with van der Waals surface area (Å²) in [4.78, 5) is 11.8. The molecule has 1 radical (unpaired) electrons. The molecule has 1 aromatic rings. The molecular formula is C12H12Cl3O2. The molecule has 93 valence electrons. The molecule has 0 aliphatic carbocycles. The van der Waals surface area contributed by atoms with Crippen molar-refractivity contribution in [1.82, 2.24) is 0 Å². The Labute approximate surface area is 116 Å². The Bertz CT molecular complexity index is 436. The van der Waals surface area contributed by atoms with Crippen molar-refractivity contribution in [3.05, 3.63) is 32.8 Å². The fourth-order valence-corrected chi connectivity index (χ4v) is 1.64. The van der Waals surface area contributed by atoms with Crippen LogP contribution in [0.5, 0.6) is 0 Å². The van der Waals surface area contributed by atoms with Gasteiger partial charge in [-0.3, -0.25) is 0 Å². The number of hydrogen-bond donors (Lipinski definition) is 0. The second-order valence-corrected chi connectivity index (χ2v) is 5.98. The summed E-state index contributed by atoms with van der Waals surface area (Å²) in [5, 5.41) is 0.537. The maximum Gasteiger partial charge on any atom is 0.340 e. The molecule has 0 heterocycles. The van der Waals surface area contributed by atoms with Gasteiger partial charge in [-0.25, -0.2) is 4.79 Å². The van der Waals surface area contributed by atoms with Crippen LogP contribution in [0.25, 0.3) is 0 Å². The van der Waals surface area contributed by atoms with Crippen LogP contribution in [0.15, 0.2) is 6.07 Å². The summed E-state index contributed by atoms with van der Waals surface area (Å²) in [5.74, 6) is -0.575. The van der Waals surface area contributed by atoms with Gasteiger partial charge in [0.15, 0.2) is 0 Å². The predicted octanol–water partition coefficient (Wildman–Crippen LogP) is 4.65. The lowest BCUT2D eigenvalue weighted by Crippen LogP contribution is -2.18. The quantitative estimate of drug-likeness (QED) is 0.586. The van der Waals surface area contributed by atoms with E-state index in [9.17, 15) is 4.79 Å². The van der Waals surface area contributed by atoms with Crippen molar-refractivity contribution in [3.63, 3.8) is 0 Å². The second kappa shape index (κ2) is 5.47. The third kappa shape index (κ3) is 4.38. The van der Waals surface area contributed by atoms with E-state index in [1.807, 2.05) is 20.8 Å². The number of carbonyl (C=O) groups excluding carboxylic acids is 1. The highest BCUT2D eigenvalue weighted by Crippen LogP contribution is 2.30. The van der Waals surface area contributed by atoms with E-state index in [2.05, 4.69) is 6.07 Å². The normalized spacial score (nSPS) is 11.4. The molecule has 0 spiro atoms. The Morgan fingerprint density at radius 2 is 1.94 bits per heavy atom. The molecule has 0 N–H and O–H groups in total. The van der Waals surface area contributed by atoms with E-state index in [4.69, 9.17) is 39.5 Å². The van der Waals surface area contributed by atoms with Gasteiger partial charge in [0.05, 0.1) is 27.2 Å². The SMILES string of the molecule is CC(C)(C)COC(=O)c1[c]c(Cl)cc(Cl)c1Cl. The first-order valence-electron chi connectivity index (χ1n) is 4.94. The minimum Gasteiger partial charge on any atom is -0.461 e. The Morgan fingerprint density at radius 3 is 2.47 bits per heavy atom. The molecule has 17 heavy (non-hydrogen) atoms. The van der Waals surface area contributed by atoms with Crippen molar-refractivity contribution in [3.8, 4) is 0 Å². The van der Waals surface area contributed by atoms with Gasteiger partial charge in [-0.1, -0.05) is 55.6 Å².